The maximum Gasteiger partial charge on any atom is 0.315 e. The van der Waals surface area contributed by atoms with Gasteiger partial charge in [0.2, 0.25) is 0 Å². The molecule has 3 N–H and O–H groups in total. The second kappa shape index (κ2) is 7.75. The number of carbonyl (C=O) groups excluding carboxylic acids is 1. The van der Waals surface area contributed by atoms with Crippen molar-refractivity contribution < 1.29 is 9.90 Å². The topological polar surface area (TPSA) is 74.2 Å². The van der Waals surface area contributed by atoms with Crippen LogP contribution in [0.4, 0.5) is 4.79 Å². The third-order valence-corrected chi connectivity index (χ3v) is 4.18. The van der Waals surface area contributed by atoms with Crippen molar-refractivity contribution in [1.29, 1.82) is 0 Å². The zero-order valence-electron chi connectivity index (χ0n) is 11.9. The molecular formula is C15H19N3O2S. The summed E-state index contributed by atoms with van der Waals surface area (Å²) in [5.74, 6) is 0. The minimum absolute atomic E-state index is 0.144. The van der Waals surface area contributed by atoms with E-state index in [1.54, 1.807) is 11.3 Å². The van der Waals surface area contributed by atoms with Gasteiger partial charge in [0.25, 0.3) is 0 Å². The number of urea groups is 1. The quantitative estimate of drug-likeness (QED) is 0.766. The number of amides is 2. The Morgan fingerprint density at radius 3 is 2.76 bits per heavy atom. The number of carbonyl (C=O) groups is 1. The van der Waals surface area contributed by atoms with E-state index in [4.69, 9.17) is 0 Å². The monoisotopic (exact) mass is 305 g/mol. The van der Waals surface area contributed by atoms with Crippen LogP contribution in [0.3, 0.4) is 0 Å². The zero-order valence-corrected chi connectivity index (χ0v) is 12.7. The van der Waals surface area contributed by atoms with E-state index in [9.17, 15) is 9.90 Å². The van der Waals surface area contributed by atoms with Gasteiger partial charge in [-0.25, -0.2) is 9.78 Å². The summed E-state index contributed by atoms with van der Waals surface area (Å²) in [6.07, 6.45) is 2.78. The number of aromatic nitrogens is 1. The number of nitrogens with one attached hydrogen (secondary N) is 2. The number of nitrogens with zero attached hydrogens (tertiary/aromatic N) is 1. The van der Waals surface area contributed by atoms with Crippen molar-refractivity contribution in [3.63, 3.8) is 0 Å². The number of hydrogen-bond acceptors (Lipinski definition) is 4. The molecule has 1 atom stereocenters. The highest BCUT2D eigenvalue weighted by Gasteiger charge is 2.13. The van der Waals surface area contributed by atoms with Crippen LogP contribution in [0.25, 0.3) is 0 Å². The summed E-state index contributed by atoms with van der Waals surface area (Å²) >= 11 is 1.59. The van der Waals surface area contributed by atoms with Gasteiger partial charge in [-0.2, -0.15) is 0 Å². The third-order valence-electron chi connectivity index (χ3n) is 3.04. The first kappa shape index (κ1) is 15.5. The molecule has 5 nitrogen and oxygen atoms in total. The van der Waals surface area contributed by atoms with E-state index in [0.717, 1.165) is 17.0 Å². The molecule has 0 unspecified atom stereocenters. The molecule has 2 amide bonds. The van der Waals surface area contributed by atoms with E-state index < -0.39 is 6.04 Å². The largest absolute Gasteiger partial charge is 0.394 e. The highest BCUT2D eigenvalue weighted by atomic mass is 32.1. The Balaban J connectivity index is 1.85. The number of aliphatic hydroxyl groups excluding tert-OH is 1. The van der Waals surface area contributed by atoms with Crippen LogP contribution in [0.5, 0.6) is 0 Å². The van der Waals surface area contributed by atoms with Crippen LogP contribution in [0, 0.1) is 0 Å². The van der Waals surface area contributed by atoms with E-state index in [1.807, 2.05) is 36.5 Å². The normalized spacial score (nSPS) is 11.9. The van der Waals surface area contributed by atoms with Crippen molar-refractivity contribution >= 4 is 17.4 Å². The molecule has 1 aromatic heterocycles. The van der Waals surface area contributed by atoms with E-state index >= 15 is 0 Å². The Morgan fingerprint density at radius 1 is 1.38 bits per heavy atom. The average molecular weight is 305 g/mol. The first-order valence-electron chi connectivity index (χ1n) is 6.86. The molecule has 1 aromatic carbocycles. The molecule has 0 aliphatic heterocycles. The summed E-state index contributed by atoms with van der Waals surface area (Å²) in [5, 5.41) is 15.8. The SMILES string of the molecule is CCc1cnc(CNC(=O)N[C@@H](CO)c2ccccc2)s1. The van der Waals surface area contributed by atoms with Crippen molar-refractivity contribution in [2.24, 2.45) is 0 Å². The lowest BCUT2D eigenvalue weighted by atomic mass is 10.1. The van der Waals surface area contributed by atoms with Gasteiger partial charge in [0.05, 0.1) is 19.2 Å². The maximum absolute atomic E-state index is 11.9. The number of benzene rings is 1. The molecule has 0 bridgehead atoms. The Labute approximate surface area is 128 Å². The van der Waals surface area contributed by atoms with Crippen molar-refractivity contribution in [1.82, 2.24) is 15.6 Å². The lowest BCUT2D eigenvalue weighted by Gasteiger charge is -2.16. The van der Waals surface area contributed by atoms with Gasteiger partial charge in [0.1, 0.15) is 5.01 Å². The predicted octanol–water partition coefficient (Wildman–Crippen LogP) is 2.24. The third kappa shape index (κ3) is 4.54. The molecule has 0 aliphatic carbocycles. The highest BCUT2D eigenvalue weighted by molar-refractivity contribution is 7.11. The summed E-state index contributed by atoms with van der Waals surface area (Å²) in [6.45, 7) is 2.32. The molecule has 0 radical (unpaired) electrons. The van der Waals surface area contributed by atoms with E-state index in [2.05, 4.69) is 22.5 Å². The van der Waals surface area contributed by atoms with Crippen LogP contribution in [0.2, 0.25) is 0 Å². The molecule has 0 saturated heterocycles. The van der Waals surface area contributed by atoms with Gasteiger partial charge in [0.15, 0.2) is 0 Å². The van der Waals surface area contributed by atoms with Crippen LogP contribution in [-0.4, -0.2) is 22.7 Å². The highest BCUT2D eigenvalue weighted by Crippen LogP contribution is 2.13. The van der Waals surface area contributed by atoms with Gasteiger partial charge in [0, 0.05) is 11.1 Å². The maximum atomic E-state index is 11.9. The summed E-state index contributed by atoms with van der Waals surface area (Å²) in [6, 6.07) is 8.66. The van der Waals surface area contributed by atoms with Gasteiger partial charge in [-0.3, -0.25) is 0 Å². The smallest absolute Gasteiger partial charge is 0.315 e. The van der Waals surface area contributed by atoms with E-state index in [-0.39, 0.29) is 12.6 Å². The Kier molecular flexibility index (Phi) is 5.71. The fraction of sp³-hybridized carbons (Fsp3) is 0.333. The molecule has 0 saturated carbocycles. The molecular weight excluding hydrogens is 286 g/mol. The number of hydrogen-bond donors (Lipinski definition) is 3. The lowest BCUT2D eigenvalue weighted by molar-refractivity contribution is 0.216. The zero-order chi connectivity index (χ0) is 15.1. The molecule has 2 aromatic rings. The van der Waals surface area contributed by atoms with Crippen molar-refractivity contribution in [2.45, 2.75) is 25.9 Å². The summed E-state index contributed by atoms with van der Waals surface area (Å²) in [7, 11) is 0. The van der Waals surface area contributed by atoms with Crippen molar-refractivity contribution in [3.8, 4) is 0 Å². The average Bonchev–Trinajstić information content (AvgIpc) is 2.99. The second-order valence-corrected chi connectivity index (χ2v) is 5.75. The van der Waals surface area contributed by atoms with Crippen LogP contribution in [-0.2, 0) is 13.0 Å². The number of rotatable bonds is 6. The van der Waals surface area contributed by atoms with Gasteiger partial charge in [-0.15, -0.1) is 11.3 Å². The summed E-state index contributed by atoms with van der Waals surface area (Å²) in [4.78, 5) is 17.3. The summed E-state index contributed by atoms with van der Waals surface area (Å²) < 4.78 is 0. The van der Waals surface area contributed by atoms with E-state index in [1.165, 1.54) is 4.88 Å². The molecule has 2 rings (SSSR count). The van der Waals surface area contributed by atoms with Crippen LogP contribution >= 0.6 is 11.3 Å². The fourth-order valence-electron chi connectivity index (χ4n) is 1.88. The Morgan fingerprint density at radius 2 is 2.14 bits per heavy atom. The fourth-order valence-corrected chi connectivity index (χ4v) is 2.68. The summed E-state index contributed by atoms with van der Waals surface area (Å²) in [5.41, 5.74) is 0.873. The van der Waals surface area contributed by atoms with Gasteiger partial charge in [-0.1, -0.05) is 37.3 Å². The van der Waals surface area contributed by atoms with Crippen molar-refractivity contribution in [3.05, 3.63) is 52.0 Å². The molecule has 21 heavy (non-hydrogen) atoms. The molecule has 1 heterocycles. The van der Waals surface area contributed by atoms with Crippen molar-refractivity contribution in [2.75, 3.05) is 6.61 Å². The molecule has 0 aliphatic rings. The Hall–Kier alpha value is -1.92. The first-order chi connectivity index (χ1) is 10.2. The first-order valence-corrected chi connectivity index (χ1v) is 7.68. The molecule has 0 spiro atoms. The van der Waals surface area contributed by atoms with Crippen LogP contribution in [0.15, 0.2) is 36.5 Å². The van der Waals surface area contributed by atoms with Gasteiger partial charge in [-0.05, 0) is 12.0 Å². The minimum Gasteiger partial charge on any atom is -0.394 e. The predicted molar refractivity (Wildman–Crippen MR) is 83.1 cm³/mol. The standard InChI is InChI=1S/C15H19N3O2S/c1-2-12-8-16-14(21-12)9-17-15(20)18-13(10-19)11-6-4-3-5-7-11/h3-8,13,19H,2,9-10H2,1H3,(H2,17,18,20)/t13-/m0/s1. The number of thiazole rings is 1. The minimum atomic E-state index is -0.409. The molecule has 112 valence electrons. The molecule has 6 heteroatoms. The molecule has 0 fully saturated rings. The second-order valence-electron chi connectivity index (χ2n) is 4.55. The lowest BCUT2D eigenvalue weighted by Crippen LogP contribution is -2.38. The van der Waals surface area contributed by atoms with Crippen LogP contribution in [0.1, 0.15) is 28.4 Å². The van der Waals surface area contributed by atoms with Gasteiger partial charge < -0.3 is 15.7 Å². The Bertz CT molecular complexity index is 571. The number of aliphatic hydroxyl groups is 1. The van der Waals surface area contributed by atoms with E-state index in [0.29, 0.717) is 6.54 Å². The van der Waals surface area contributed by atoms with Crippen LogP contribution < -0.4 is 10.6 Å². The van der Waals surface area contributed by atoms with Gasteiger partial charge >= 0.3 is 6.03 Å². The number of aryl methyl sites for hydroxylation is 1.